The van der Waals surface area contributed by atoms with Crippen LogP contribution >= 0.6 is 11.6 Å². The maximum Gasteiger partial charge on any atom is 0.306 e. The molecule has 0 aliphatic carbocycles. The van der Waals surface area contributed by atoms with Crippen LogP contribution in [-0.2, 0) is 19.4 Å². The zero-order valence-electron chi connectivity index (χ0n) is 18.5. The van der Waals surface area contributed by atoms with Gasteiger partial charge in [-0.2, -0.15) is 0 Å². The van der Waals surface area contributed by atoms with E-state index in [1.165, 1.54) is 0 Å². The number of carbonyl (C=O) groups is 2. The summed E-state index contributed by atoms with van der Waals surface area (Å²) in [6.07, 6.45) is 1.14. The van der Waals surface area contributed by atoms with E-state index in [0.717, 1.165) is 11.3 Å². The van der Waals surface area contributed by atoms with Crippen molar-refractivity contribution in [2.45, 2.75) is 46.1 Å². The average Bonchev–Trinajstić information content (AvgIpc) is 3.23. The van der Waals surface area contributed by atoms with Gasteiger partial charge in [0.25, 0.3) is 0 Å². The maximum atomic E-state index is 12.6. The molecule has 1 aromatic heterocycles. The van der Waals surface area contributed by atoms with Crippen molar-refractivity contribution < 1.29 is 27.5 Å². The van der Waals surface area contributed by atoms with Gasteiger partial charge in [-0.25, -0.2) is 8.42 Å². The SMILES string of the molecule is Cc1cc(OCCCC(=O)OCC(=O)c2cc(C)n(C3CCS(=O)(=O)C3)c2C)ccc1Cl. The van der Waals surface area contributed by atoms with Gasteiger partial charge in [-0.15, -0.1) is 0 Å². The summed E-state index contributed by atoms with van der Waals surface area (Å²) >= 11 is 5.98. The second-order valence-electron chi connectivity index (χ2n) is 8.16. The highest BCUT2D eigenvalue weighted by Crippen LogP contribution is 2.29. The topological polar surface area (TPSA) is 91.7 Å². The lowest BCUT2D eigenvalue weighted by atomic mass is 10.1. The number of ether oxygens (including phenoxy) is 2. The molecule has 9 heteroatoms. The molecule has 1 fully saturated rings. The van der Waals surface area contributed by atoms with Crippen molar-refractivity contribution >= 4 is 33.2 Å². The molecular weight excluding hydrogens is 454 g/mol. The maximum absolute atomic E-state index is 12.6. The van der Waals surface area contributed by atoms with E-state index in [4.69, 9.17) is 21.1 Å². The van der Waals surface area contributed by atoms with Gasteiger partial charge < -0.3 is 14.0 Å². The van der Waals surface area contributed by atoms with E-state index in [9.17, 15) is 18.0 Å². The van der Waals surface area contributed by atoms with Gasteiger partial charge in [0.1, 0.15) is 5.75 Å². The quantitative estimate of drug-likeness (QED) is 0.305. The molecule has 2 aromatic rings. The molecule has 0 bridgehead atoms. The summed E-state index contributed by atoms with van der Waals surface area (Å²) in [5.41, 5.74) is 2.91. The van der Waals surface area contributed by atoms with Gasteiger partial charge >= 0.3 is 5.97 Å². The van der Waals surface area contributed by atoms with Crippen molar-refractivity contribution in [3.05, 3.63) is 51.8 Å². The number of halogens is 1. The molecule has 0 radical (unpaired) electrons. The monoisotopic (exact) mass is 481 g/mol. The first-order chi connectivity index (χ1) is 15.1. The van der Waals surface area contributed by atoms with E-state index < -0.39 is 15.8 Å². The Kier molecular flexibility index (Phi) is 7.67. The molecule has 1 saturated heterocycles. The molecule has 1 atom stereocenters. The van der Waals surface area contributed by atoms with Gasteiger partial charge in [-0.3, -0.25) is 9.59 Å². The van der Waals surface area contributed by atoms with Crippen LogP contribution in [0.2, 0.25) is 5.02 Å². The lowest BCUT2D eigenvalue weighted by molar-refractivity contribution is -0.142. The van der Waals surface area contributed by atoms with Crippen LogP contribution in [0, 0.1) is 20.8 Å². The Labute approximate surface area is 193 Å². The zero-order chi connectivity index (χ0) is 23.5. The predicted molar refractivity (Wildman–Crippen MR) is 122 cm³/mol. The third-order valence-corrected chi connectivity index (χ3v) is 7.82. The summed E-state index contributed by atoms with van der Waals surface area (Å²) in [5, 5.41) is 0.666. The molecule has 32 heavy (non-hydrogen) atoms. The summed E-state index contributed by atoms with van der Waals surface area (Å²) in [6.45, 7) is 5.53. The predicted octanol–water partition coefficient (Wildman–Crippen LogP) is 4.01. The number of esters is 1. The summed E-state index contributed by atoms with van der Waals surface area (Å²) in [5.74, 6) is 0.165. The van der Waals surface area contributed by atoms with Crippen LogP contribution in [0.4, 0.5) is 0 Å². The van der Waals surface area contributed by atoms with Gasteiger partial charge in [0.05, 0.1) is 18.1 Å². The average molecular weight is 482 g/mol. The molecule has 2 heterocycles. The van der Waals surface area contributed by atoms with Crippen molar-refractivity contribution in [1.82, 2.24) is 4.57 Å². The van der Waals surface area contributed by atoms with Gasteiger partial charge in [0, 0.05) is 34.4 Å². The Hall–Kier alpha value is -2.32. The Balaban J connectivity index is 1.46. The lowest BCUT2D eigenvalue weighted by Crippen LogP contribution is -2.17. The van der Waals surface area contributed by atoms with Gasteiger partial charge in [0.15, 0.2) is 16.4 Å². The number of nitrogens with zero attached hydrogens (tertiary/aromatic N) is 1. The van der Waals surface area contributed by atoms with E-state index >= 15 is 0 Å². The van der Waals surface area contributed by atoms with Crippen molar-refractivity contribution in [3.8, 4) is 5.75 Å². The Morgan fingerprint density at radius 3 is 2.59 bits per heavy atom. The van der Waals surface area contributed by atoms with E-state index in [2.05, 4.69) is 0 Å². The van der Waals surface area contributed by atoms with Crippen LogP contribution in [-0.4, -0.2) is 49.5 Å². The minimum atomic E-state index is -3.03. The van der Waals surface area contributed by atoms with Crippen molar-refractivity contribution in [3.63, 3.8) is 0 Å². The number of ketones is 1. The largest absolute Gasteiger partial charge is 0.494 e. The zero-order valence-corrected chi connectivity index (χ0v) is 20.1. The first kappa shape index (κ1) is 24.3. The number of carbonyl (C=O) groups excluding carboxylic acids is 2. The normalized spacial score (nSPS) is 17.3. The molecule has 1 aromatic carbocycles. The molecular formula is C23H28ClNO6S. The Morgan fingerprint density at radius 1 is 1.19 bits per heavy atom. The van der Waals surface area contributed by atoms with Crippen LogP contribution in [0.15, 0.2) is 24.3 Å². The van der Waals surface area contributed by atoms with Gasteiger partial charge in [-0.1, -0.05) is 11.6 Å². The summed E-state index contributed by atoms with van der Waals surface area (Å²) in [7, 11) is -3.03. The van der Waals surface area contributed by atoms with E-state index in [1.54, 1.807) is 25.1 Å². The number of Topliss-reactive ketones (excluding diaryl/α,β-unsaturated/α-hetero) is 1. The van der Waals surface area contributed by atoms with E-state index in [0.29, 0.717) is 41.5 Å². The first-order valence-electron chi connectivity index (χ1n) is 10.5. The number of aromatic nitrogens is 1. The Morgan fingerprint density at radius 2 is 1.94 bits per heavy atom. The van der Waals surface area contributed by atoms with Crippen LogP contribution in [0.1, 0.15) is 52.6 Å². The van der Waals surface area contributed by atoms with Gasteiger partial charge in [0.2, 0.25) is 5.78 Å². The fourth-order valence-electron chi connectivity index (χ4n) is 4.01. The fraction of sp³-hybridized carbons (Fsp3) is 0.478. The molecule has 1 aliphatic heterocycles. The number of benzene rings is 1. The smallest absolute Gasteiger partial charge is 0.306 e. The number of hydrogen-bond acceptors (Lipinski definition) is 6. The third-order valence-electron chi connectivity index (χ3n) is 5.65. The van der Waals surface area contributed by atoms with Crippen LogP contribution < -0.4 is 4.74 Å². The van der Waals surface area contributed by atoms with Gasteiger partial charge in [-0.05, 0) is 63.4 Å². The summed E-state index contributed by atoms with van der Waals surface area (Å²) in [6, 6.07) is 6.93. The lowest BCUT2D eigenvalue weighted by Gasteiger charge is -2.16. The third kappa shape index (κ3) is 5.92. The first-order valence-corrected chi connectivity index (χ1v) is 12.7. The highest BCUT2D eigenvalue weighted by molar-refractivity contribution is 7.91. The molecule has 7 nitrogen and oxygen atoms in total. The van der Waals surface area contributed by atoms with Crippen molar-refractivity contribution in [1.29, 1.82) is 0 Å². The second kappa shape index (κ2) is 10.1. The molecule has 1 aliphatic rings. The molecule has 1 unspecified atom stereocenters. The fourth-order valence-corrected chi connectivity index (χ4v) is 5.83. The summed E-state index contributed by atoms with van der Waals surface area (Å²) in [4.78, 5) is 24.6. The molecule has 0 spiro atoms. The molecule has 0 saturated carbocycles. The number of hydrogen-bond donors (Lipinski definition) is 0. The number of aryl methyl sites for hydroxylation is 2. The number of sulfone groups is 1. The standard InChI is InChI=1S/C23H28ClNO6S/c1-15-11-19(6-7-21(15)24)30-9-4-5-23(27)31-13-22(26)20-12-16(2)25(17(20)3)18-8-10-32(28,29)14-18/h6-7,11-12,18H,4-5,8-10,13-14H2,1-3H3. The number of rotatable bonds is 9. The highest BCUT2D eigenvalue weighted by atomic mass is 35.5. The van der Waals surface area contributed by atoms with E-state index in [1.807, 2.05) is 24.5 Å². The minimum Gasteiger partial charge on any atom is -0.494 e. The van der Waals surface area contributed by atoms with Crippen LogP contribution in [0.25, 0.3) is 0 Å². The molecule has 0 amide bonds. The van der Waals surface area contributed by atoms with Crippen molar-refractivity contribution in [2.24, 2.45) is 0 Å². The molecule has 3 rings (SSSR count). The van der Waals surface area contributed by atoms with Crippen LogP contribution in [0.3, 0.4) is 0 Å². The second-order valence-corrected chi connectivity index (χ2v) is 10.8. The van der Waals surface area contributed by atoms with E-state index in [-0.39, 0.29) is 36.4 Å². The molecule has 174 valence electrons. The minimum absolute atomic E-state index is 0.0869. The van der Waals surface area contributed by atoms with Crippen molar-refractivity contribution in [2.75, 3.05) is 24.7 Å². The highest BCUT2D eigenvalue weighted by Gasteiger charge is 2.31. The Bertz CT molecular complexity index is 1120. The molecule has 0 N–H and O–H groups in total. The summed E-state index contributed by atoms with van der Waals surface area (Å²) < 4.78 is 36.3. The van der Waals surface area contributed by atoms with Crippen LogP contribution in [0.5, 0.6) is 5.75 Å².